The average molecular weight is 401 g/mol. The highest BCUT2D eigenvalue weighted by molar-refractivity contribution is 7.20. The van der Waals surface area contributed by atoms with Crippen molar-refractivity contribution in [2.24, 2.45) is 0 Å². The van der Waals surface area contributed by atoms with Crippen molar-refractivity contribution in [2.45, 2.75) is 41.5 Å². The molecule has 1 aliphatic rings. The Kier molecular flexibility index (Phi) is 4.66. The van der Waals surface area contributed by atoms with Gasteiger partial charge in [0.1, 0.15) is 0 Å². The van der Waals surface area contributed by atoms with Crippen molar-refractivity contribution < 1.29 is 9.59 Å². The van der Waals surface area contributed by atoms with E-state index in [1.165, 1.54) is 28.3 Å². The van der Waals surface area contributed by atoms with Crippen LogP contribution in [-0.4, -0.2) is 11.6 Å². The Morgan fingerprint density at radius 1 is 0.586 bits per heavy atom. The molecule has 1 heterocycles. The maximum absolute atomic E-state index is 13.0. The number of benzene rings is 2. The summed E-state index contributed by atoms with van der Waals surface area (Å²) in [4.78, 5) is 27.2. The molecule has 29 heavy (non-hydrogen) atoms. The number of hydrogen-bond donors (Lipinski definition) is 0. The van der Waals surface area contributed by atoms with E-state index in [2.05, 4.69) is 65.8 Å². The van der Waals surface area contributed by atoms with Gasteiger partial charge in [-0.1, -0.05) is 35.4 Å². The molecule has 2 aromatic carbocycles. The molecule has 0 atom stereocenters. The molecule has 4 rings (SSSR count). The maximum Gasteiger partial charge on any atom is 0.234 e. The number of carbonyl (C=O) groups excluding carboxylic acids is 2. The van der Waals surface area contributed by atoms with E-state index >= 15 is 0 Å². The topological polar surface area (TPSA) is 34.1 Å². The summed E-state index contributed by atoms with van der Waals surface area (Å²) in [6, 6.07) is 8.63. The Morgan fingerprint density at radius 3 is 1.52 bits per heavy atom. The third kappa shape index (κ3) is 3.10. The van der Waals surface area contributed by atoms with E-state index in [1.807, 2.05) is 6.08 Å². The van der Waals surface area contributed by atoms with Crippen LogP contribution in [0.25, 0.3) is 27.0 Å². The van der Waals surface area contributed by atoms with Crippen molar-refractivity contribution in [3.63, 3.8) is 0 Å². The lowest BCUT2D eigenvalue weighted by Crippen LogP contribution is -2.16. The second-order valence-corrected chi connectivity index (χ2v) is 9.14. The lowest BCUT2D eigenvalue weighted by molar-refractivity contribution is -0.110. The second kappa shape index (κ2) is 6.93. The van der Waals surface area contributed by atoms with Crippen LogP contribution in [0.15, 0.2) is 30.3 Å². The molecule has 1 aliphatic carbocycles. The number of fused-ring (bicyclic) bond motifs is 1. The molecule has 0 bridgehead atoms. The zero-order valence-electron chi connectivity index (χ0n) is 17.7. The van der Waals surface area contributed by atoms with Gasteiger partial charge in [-0.25, -0.2) is 0 Å². The van der Waals surface area contributed by atoms with Gasteiger partial charge in [0.05, 0.1) is 5.56 Å². The molecule has 146 valence electrons. The fourth-order valence-electron chi connectivity index (χ4n) is 4.62. The Morgan fingerprint density at radius 2 is 1.03 bits per heavy atom. The molecule has 0 aliphatic heterocycles. The number of carbonyl (C=O) groups is 2. The molecule has 0 unspecified atom stereocenters. The van der Waals surface area contributed by atoms with Crippen LogP contribution in [0.3, 0.4) is 0 Å². The van der Waals surface area contributed by atoms with Crippen LogP contribution < -0.4 is 0 Å². The maximum atomic E-state index is 13.0. The van der Waals surface area contributed by atoms with E-state index in [0.29, 0.717) is 5.56 Å². The van der Waals surface area contributed by atoms with Gasteiger partial charge < -0.3 is 0 Å². The van der Waals surface area contributed by atoms with E-state index in [1.54, 1.807) is 11.3 Å². The summed E-state index contributed by atoms with van der Waals surface area (Å²) in [6.45, 7) is 12.6. The van der Waals surface area contributed by atoms with Gasteiger partial charge in [0.15, 0.2) is 0 Å². The number of aryl methyl sites for hydroxylation is 6. The predicted molar refractivity (Wildman–Crippen MR) is 122 cm³/mol. The lowest BCUT2D eigenvalue weighted by Gasteiger charge is -2.13. The molecule has 1 aromatic heterocycles. The van der Waals surface area contributed by atoms with Crippen LogP contribution in [0.5, 0.6) is 0 Å². The van der Waals surface area contributed by atoms with E-state index in [0.717, 1.165) is 37.6 Å². The molecule has 0 saturated carbocycles. The van der Waals surface area contributed by atoms with Crippen molar-refractivity contribution in [3.8, 4) is 20.9 Å². The number of hydrogen-bond acceptors (Lipinski definition) is 3. The summed E-state index contributed by atoms with van der Waals surface area (Å²) in [7, 11) is 0. The van der Waals surface area contributed by atoms with Gasteiger partial charge in [-0.05, 0) is 87.1 Å². The summed E-state index contributed by atoms with van der Waals surface area (Å²) in [5.41, 5.74) is 10.7. The molecule has 0 radical (unpaired) electrons. The monoisotopic (exact) mass is 400 g/mol. The van der Waals surface area contributed by atoms with Gasteiger partial charge in [0, 0.05) is 15.3 Å². The summed E-state index contributed by atoms with van der Waals surface area (Å²) in [5, 5.41) is 0. The van der Waals surface area contributed by atoms with E-state index in [-0.39, 0.29) is 0 Å². The first kappa shape index (κ1) is 19.5. The molecular weight excluding hydrogens is 376 g/mol. The second-order valence-electron chi connectivity index (χ2n) is 8.12. The van der Waals surface area contributed by atoms with Gasteiger partial charge >= 0.3 is 0 Å². The van der Waals surface area contributed by atoms with E-state index < -0.39 is 11.6 Å². The van der Waals surface area contributed by atoms with Gasteiger partial charge in [-0.2, -0.15) is 0 Å². The van der Waals surface area contributed by atoms with Gasteiger partial charge in [-0.15, -0.1) is 11.3 Å². The smallest absolute Gasteiger partial charge is 0.234 e. The highest BCUT2D eigenvalue weighted by Gasteiger charge is 2.31. The molecular formula is C26H24O2S. The summed E-state index contributed by atoms with van der Waals surface area (Å²) < 4.78 is 0. The van der Waals surface area contributed by atoms with Crippen molar-refractivity contribution in [3.05, 3.63) is 74.8 Å². The zero-order chi connectivity index (χ0) is 21.0. The minimum atomic E-state index is -0.442. The standard InChI is InChI=1S/C26H24O2S/c1-13-9-15(3)21(16(4)10-13)25-19-7-8-20(27)24(28)23(19)26(29-25)22-17(5)11-14(2)12-18(22)6/h7-12H,1-6H3. The molecule has 0 spiro atoms. The lowest BCUT2D eigenvalue weighted by atomic mass is 9.88. The fourth-order valence-corrected chi connectivity index (χ4v) is 6.26. The SMILES string of the molecule is Cc1cc(C)c(-c2sc(-c3c(C)cc(C)cc3C)c3c2C=CC(=O)C3=O)c(C)c1. The normalized spacial score (nSPS) is 13.2. The number of rotatable bonds is 2. The van der Waals surface area contributed by atoms with Crippen LogP contribution >= 0.6 is 11.3 Å². The van der Waals surface area contributed by atoms with Crippen LogP contribution in [-0.2, 0) is 4.79 Å². The van der Waals surface area contributed by atoms with Crippen molar-refractivity contribution >= 4 is 29.0 Å². The van der Waals surface area contributed by atoms with E-state index in [4.69, 9.17) is 0 Å². The first-order chi connectivity index (χ1) is 13.7. The van der Waals surface area contributed by atoms with Crippen LogP contribution in [0.4, 0.5) is 0 Å². The third-order valence-electron chi connectivity index (χ3n) is 5.61. The highest BCUT2D eigenvalue weighted by atomic mass is 32.1. The number of allylic oxidation sites excluding steroid dienone is 1. The molecule has 2 nitrogen and oxygen atoms in total. The summed E-state index contributed by atoms with van der Waals surface area (Å²) in [6.07, 6.45) is 3.24. The number of ketones is 2. The number of thiophene rings is 1. The average Bonchev–Trinajstić information content (AvgIpc) is 2.96. The highest BCUT2D eigenvalue weighted by Crippen LogP contribution is 2.48. The van der Waals surface area contributed by atoms with E-state index in [9.17, 15) is 9.59 Å². The largest absolute Gasteiger partial charge is 0.286 e. The molecule has 3 aromatic rings. The molecule has 0 N–H and O–H groups in total. The van der Waals surface area contributed by atoms with Crippen LogP contribution in [0.1, 0.15) is 49.3 Å². The zero-order valence-corrected chi connectivity index (χ0v) is 18.5. The third-order valence-corrected chi connectivity index (χ3v) is 6.85. The van der Waals surface area contributed by atoms with Crippen LogP contribution in [0.2, 0.25) is 0 Å². The Hall–Kier alpha value is -2.78. The Labute approximate surface area is 175 Å². The number of Topliss-reactive ketones (excluding diaryl/α,β-unsaturated/α-hetero) is 1. The summed E-state index contributed by atoms with van der Waals surface area (Å²) >= 11 is 1.63. The minimum Gasteiger partial charge on any atom is -0.286 e. The first-order valence-electron chi connectivity index (χ1n) is 9.79. The Balaban J connectivity index is 2.10. The van der Waals surface area contributed by atoms with Crippen LogP contribution in [0, 0.1) is 41.5 Å². The van der Waals surface area contributed by atoms with Gasteiger partial charge in [0.25, 0.3) is 0 Å². The first-order valence-corrected chi connectivity index (χ1v) is 10.6. The predicted octanol–water partition coefficient (Wildman–Crippen LogP) is 6.71. The van der Waals surface area contributed by atoms with Crippen molar-refractivity contribution in [1.29, 1.82) is 0 Å². The fraction of sp³-hybridized carbons (Fsp3) is 0.231. The summed E-state index contributed by atoms with van der Waals surface area (Å²) in [5.74, 6) is -0.843. The Bertz CT molecular complexity index is 1190. The minimum absolute atomic E-state index is 0.401. The molecule has 3 heteroatoms. The molecule has 0 fully saturated rings. The molecule has 0 amide bonds. The van der Waals surface area contributed by atoms with Crippen molar-refractivity contribution in [1.82, 2.24) is 0 Å². The molecule has 0 saturated heterocycles. The quantitative estimate of drug-likeness (QED) is 0.448. The van der Waals surface area contributed by atoms with Crippen molar-refractivity contribution in [2.75, 3.05) is 0 Å². The van der Waals surface area contributed by atoms with Gasteiger partial charge in [-0.3, -0.25) is 9.59 Å². The van der Waals surface area contributed by atoms with Gasteiger partial charge in [0.2, 0.25) is 11.6 Å².